The van der Waals surface area contributed by atoms with Gasteiger partial charge in [-0.05, 0) is 43.3 Å². The highest BCUT2D eigenvalue weighted by Gasteiger charge is 2.12. The molecule has 0 aliphatic heterocycles. The quantitative estimate of drug-likeness (QED) is 0.456. The Bertz CT molecular complexity index is 926. The molecule has 7 heteroatoms. The van der Waals surface area contributed by atoms with E-state index in [4.69, 9.17) is 8.83 Å². The lowest BCUT2D eigenvalue weighted by molar-refractivity contribution is 0.464. The predicted octanol–water partition coefficient (Wildman–Crippen LogP) is 5.13. The average molecular weight is 367 g/mol. The Labute approximate surface area is 153 Å². The third-order valence-electron chi connectivity index (χ3n) is 3.71. The molecule has 0 bridgehead atoms. The molecule has 0 saturated heterocycles. The standard InChI is InChI=1S/C19H14FN3O2S/c1-12-2-4-14(5-3-12)18-22-23-19(25-18)26-11-17-21-10-16(24-17)13-6-8-15(20)9-7-13/h2-10H,11H2,1H3. The zero-order valence-corrected chi connectivity index (χ0v) is 14.7. The molecule has 2 aromatic carbocycles. The van der Waals surface area contributed by atoms with Crippen LogP contribution in [0.15, 0.2) is 68.8 Å². The summed E-state index contributed by atoms with van der Waals surface area (Å²) >= 11 is 1.35. The van der Waals surface area contributed by atoms with E-state index in [0.29, 0.717) is 28.5 Å². The van der Waals surface area contributed by atoms with Crippen LogP contribution in [0, 0.1) is 12.7 Å². The molecule has 0 N–H and O–H groups in total. The molecular weight excluding hydrogens is 353 g/mol. The lowest BCUT2D eigenvalue weighted by Gasteiger charge is -1.96. The van der Waals surface area contributed by atoms with E-state index in [-0.39, 0.29) is 5.82 Å². The normalized spacial score (nSPS) is 11.0. The highest BCUT2D eigenvalue weighted by atomic mass is 32.2. The smallest absolute Gasteiger partial charge is 0.277 e. The zero-order chi connectivity index (χ0) is 17.9. The summed E-state index contributed by atoms with van der Waals surface area (Å²) in [4.78, 5) is 4.23. The van der Waals surface area contributed by atoms with E-state index in [1.807, 2.05) is 31.2 Å². The molecule has 4 rings (SSSR count). The molecule has 0 aliphatic carbocycles. The van der Waals surface area contributed by atoms with Crippen LogP contribution in [-0.2, 0) is 5.75 Å². The van der Waals surface area contributed by atoms with Crippen LogP contribution in [0.2, 0.25) is 0 Å². The second-order valence-electron chi connectivity index (χ2n) is 5.65. The van der Waals surface area contributed by atoms with Gasteiger partial charge in [-0.2, -0.15) is 0 Å². The van der Waals surface area contributed by atoms with Gasteiger partial charge in [-0.25, -0.2) is 9.37 Å². The largest absolute Gasteiger partial charge is 0.440 e. The first-order valence-corrected chi connectivity index (χ1v) is 8.90. The van der Waals surface area contributed by atoms with Crippen LogP contribution in [0.4, 0.5) is 4.39 Å². The molecule has 2 heterocycles. The van der Waals surface area contributed by atoms with Crippen LogP contribution in [0.3, 0.4) is 0 Å². The maximum atomic E-state index is 13.0. The van der Waals surface area contributed by atoms with Crippen molar-refractivity contribution in [2.24, 2.45) is 0 Å². The molecule has 0 atom stereocenters. The Morgan fingerprint density at radius 3 is 2.42 bits per heavy atom. The van der Waals surface area contributed by atoms with Gasteiger partial charge in [0.25, 0.3) is 5.22 Å². The minimum absolute atomic E-state index is 0.287. The number of benzene rings is 2. The molecule has 130 valence electrons. The van der Waals surface area contributed by atoms with Crippen molar-refractivity contribution < 1.29 is 13.2 Å². The lowest BCUT2D eigenvalue weighted by Crippen LogP contribution is -1.79. The van der Waals surface area contributed by atoms with Gasteiger partial charge in [-0.15, -0.1) is 10.2 Å². The highest BCUT2D eigenvalue weighted by molar-refractivity contribution is 7.98. The second kappa shape index (κ2) is 7.13. The molecule has 2 aromatic heterocycles. The van der Waals surface area contributed by atoms with Crippen molar-refractivity contribution in [3.63, 3.8) is 0 Å². The monoisotopic (exact) mass is 367 g/mol. The first-order valence-electron chi connectivity index (χ1n) is 7.91. The summed E-state index contributed by atoms with van der Waals surface area (Å²) in [5.41, 5.74) is 2.82. The fourth-order valence-electron chi connectivity index (χ4n) is 2.33. The molecule has 0 amide bonds. The van der Waals surface area contributed by atoms with Crippen molar-refractivity contribution in [2.75, 3.05) is 0 Å². The maximum Gasteiger partial charge on any atom is 0.277 e. The first kappa shape index (κ1) is 16.5. The van der Waals surface area contributed by atoms with Gasteiger partial charge in [0.15, 0.2) is 5.76 Å². The molecule has 0 saturated carbocycles. The molecule has 4 aromatic rings. The number of hydrogen-bond acceptors (Lipinski definition) is 6. The van der Waals surface area contributed by atoms with Gasteiger partial charge in [0.1, 0.15) is 5.82 Å². The van der Waals surface area contributed by atoms with Gasteiger partial charge >= 0.3 is 0 Å². The zero-order valence-electron chi connectivity index (χ0n) is 13.8. The summed E-state index contributed by atoms with van der Waals surface area (Å²) in [7, 11) is 0. The van der Waals surface area contributed by atoms with Gasteiger partial charge in [-0.3, -0.25) is 0 Å². The van der Waals surface area contributed by atoms with Gasteiger partial charge in [0, 0.05) is 11.1 Å². The number of nitrogens with zero attached hydrogens (tertiary/aromatic N) is 3. The van der Waals surface area contributed by atoms with Crippen molar-refractivity contribution in [2.45, 2.75) is 17.9 Å². The molecule has 26 heavy (non-hydrogen) atoms. The maximum absolute atomic E-state index is 13.0. The van der Waals surface area contributed by atoms with Crippen molar-refractivity contribution in [1.82, 2.24) is 15.2 Å². The van der Waals surface area contributed by atoms with Gasteiger partial charge in [0.05, 0.1) is 11.9 Å². The summed E-state index contributed by atoms with van der Waals surface area (Å²) in [5, 5.41) is 8.55. The number of rotatable bonds is 5. The van der Waals surface area contributed by atoms with Gasteiger partial charge < -0.3 is 8.83 Å². The molecule has 0 radical (unpaired) electrons. The van der Waals surface area contributed by atoms with E-state index < -0.39 is 0 Å². The lowest BCUT2D eigenvalue weighted by atomic mass is 10.1. The number of aryl methyl sites for hydroxylation is 1. The molecule has 0 fully saturated rings. The van der Waals surface area contributed by atoms with Crippen LogP contribution >= 0.6 is 11.8 Å². The Hall–Kier alpha value is -2.93. The summed E-state index contributed by atoms with van der Waals surface area (Å²) < 4.78 is 24.3. The van der Waals surface area contributed by atoms with E-state index in [2.05, 4.69) is 15.2 Å². The number of thioether (sulfide) groups is 1. The number of halogens is 1. The van der Waals surface area contributed by atoms with Crippen molar-refractivity contribution >= 4 is 11.8 Å². The van der Waals surface area contributed by atoms with Crippen LogP contribution in [0.25, 0.3) is 22.8 Å². The van der Waals surface area contributed by atoms with Crippen LogP contribution in [0.1, 0.15) is 11.5 Å². The third-order valence-corrected chi connectivity index (χ3v) is 4.51. The van der Waals surface area contributed by atoms with Gasteiger partial charge in [-0.1, -0.05) is 29.5 Å². The first-order chi connectivity index (χ1) is 12.7. The molecule has 0 spiro atoms. The fraction of sp³-hybridized carbons (Fsp3) is 0.105. The number of oxazole rings is 1. The molecule has 0 aliphatic rings. The number of hydrogen-bond donors (Lipinski definition) is 0. The summed E-state index contributed by atoms with van der Waals surface area (Å²) in [6, 6.07) is 14.0. The Morgan fingerprint density at radius 1 is 0.923 bits per heavy atom. The topological polar surface area (TPSA) is 65.0 Å². The van der Waals surface area contributed by atoms with Gasteiger partial charge in [0.2, 0.25) is 11.8 Å². The van der Waals surface area contributed by atoms with E-state index in [0.717, 1.165) is 11.1 Å². The summed E-state index contributed by atoms with van der Waals surface area (Å²) in [6.45, 7) is 2.02. The number of aromatic nitrogens is 3. The van der Waals surface area contributed by atoms with Crippen LogP contribution in [0.5, 0.6) is 0 Å². The Balaban J connectivity index is 1.42. The third kappa shape index (κ3) is 3.67. The van der Waals surface area contributed by atoms with Crippen molar-refractivity contribution in [3.8, 4) is 22.8 Å². The summed E-state index contributed by atoms with van der Waals surface area (Å²) in [5.74, 6) is 1.77. The minimum atomic E-state index is -0.287. The SMILES string of the molecule is Cc1ccc(-c2nnc(SCc3ncc(-c4ccc(F)cc4)o3)o2)cc1. The molecular formula is C19H14FN3O2S. The Morgan fingerprint density at radius 2 is 1.65 bits per heavy atom. The second-order valence-corrected chi connectivity index (χ2v) is 6.58. The predicted molar refractivity (Wildman–Crippen MR) is 95.9 cm³/mol. The fourth-order valence-corrected chi connectivity index (χ4v) is 2.95. The van der Waals surface area contributed by atoms with E-state index in [1.54, 1.807) is 18.3 Å². The van der Waals surface area contributed by atoms with Crippen LogP contribution in [-0.4, -0.2) is 15.2 Å². The average Bonchev–Trinajstić information content (AvgIpc) is 3.31. The Kier molecular flexibility index (Phi) is 4.53. The highest BCUT2D eigenvalue weighted by Crippen LogP contribution is 2.27. The van der Waals surface area contributed by atoms with E-state index >= 15 is 0 Å². The summed E-state index contributed by atoms with van der Waals surface area (Å²) in [6.07, 6.45) is 1.62. The van der Waals surface area contributed by atoms with Crippen molar-refractivity contribution in [1.29, 1.82) is 0 Å². The minimum Gasteiger partial charge on any atom is -0.440 e. The van der Waals surface area contributed by atoms with E-state index in [9.17, 15) is 4.39 Å². The van der Waals surface area contributed by atoms with Crippen LogP contribution < -0.4 is 0 Å². The van der Waals surface area contributed by atoms with E-state index in [1.165, 1.54) is 29.5 Å². The molecule has 0 unspecified atom stereocenters. The van der Waals surface area contributed by atoms with Crippen molar-refractivity contribution in [3.05, 3.63) is 72.0 Å². The molecule has 5 nitrogen and oxygen atoms in total.